The van der Waals surface area contributed by atoms with Crippen LogP contribution in [0.4, 0.5) is 5.69 Å². The molecular weight excluding hydrogens is 334 g/mol. The second kappa shape index (κ2) is 9.70. The molecule has 1 N–H and O–H groups in total. The van der Waals surface area contributed by atoms with Gasteiger partial charge in [-0.15, -0.1) is 0 Å². The largest absolute Gasteiger partial charge is 0.325 e. The Bertz CT molecular complexity index is 590. The van der Waals surface area contributed by atoms with Crippen molar-refractivity contribution in [1.29, 1.82) is 0 Å². The van der Waals surface area contributed by atoms with Crippen molar-refractivity contribution in [2.24, 2.45) is 0 Å². The molecule has 0 aliphatic carbocycles. The van der Waals surface area contributed by atoms with Gasteiger partial charge in [-0.25, -0.2) is 0 Å². The van der Waals surface area contributed by atoms with E-state index in [1.54, 1.807) is 0 Å². The minimum absolute atomic E-state index is 0.169. The molecule has 3 rings (SSSR count). The van der Waals surface area contributed by atoms with Gasteiger partial charge in [0.1, 0.15) is 0 Å². The van der Waals surface area contributed by atoms with E-state index < -0.39 is 0 Å². The average Bonchev–Trinajstić information content (AvgIpc) is 2.68. The van der Waals surface area contributed by atoms with Crippen molar-refractivity contribution in [2.45, 2.75) is 76.8 Å². The average molecular weight is 372 g/mol. The molecule has 2 unspecified atom stereocenters. The van der Waals surface area contributed by atoms with Crippen molar-refractivity contribution >= 4 is 11.6 Å². The van der Waals surface area contributed by atoms with Gasteiger partial charge in [-0.2, -0.15) is 0 Å². The van der Waals surface area contributed by atoms with Crippen molar-refractivity contribution in [2.75, 3.05) is 32.5 Å². The third kappa shape index (κ3) is 4.91. The van der Waals surface area contributed by atoms with Gasteiger partial charge >= 0.3 is 0 Å². The topological polar surface area (TPSA) is 35.6 Å². The summed E-state index contributed by atoms with van der Waals surface area (Å²) in [4.78, 5) is 17.6. The van der Waals surface area contributed by atoms with E-state index in [4.69, 9.17) is 0 Å². The third-order valence-corrected chi connectivity index (χ3v) is 6.41. The van der Waals surface area contributed by atoms with Gasteiger partial charge in [0.25, 0.3) is 0 Å². The summed E-state index contributed by atoms with van der Waals surface area (Å²) < 4.78 is 0. The zero-order valence-corrected chi connectivity index (χ0v) is 17.5. The van der Waals surface area contributed by atoms with Gasteiger partial charge < -0.3 is 5.32 Å². The first-order chi connectivity index (χ1) is 13.1. The number of carbonyl (C=O) groups excluding carboxylic acids is 1. The summed E-state index contributed by atoms with van der Waals surface area (Å²) in [6.07, 6.45) is 10.1. The van der Waals surface area contributed by atoms with Gasteiger partial charge in [-0.3, -0.25) is 14.6 Å². The molecule has 27 heavy (non-hydrogen) atoms. The van der Waals surface area contributed by atoms with E-state index >= 15 is 0 Å². The summed E-state index contributed by atoms with van der Waals surface area (Å²) in [5.74, 6) is 0.169. The molecule has 0 aromatic heterocycles. The molecule has 1 aromatic carbocycles. The molecule has 0 radical (unpaired) electrons. The van der Waals surface area contributed by atoms with Crippen molar-refractivity contribution in [3.05, 3.63) is 29.3 Å². The highest BCUT2D eigenvalue weighted by Crippen LogP contribution is 2.41. The van der Waals surface area contributed by atoms with E-state index in [0.29, 0.717) is 18.5 Å². The van der Waals surface area contributed by atoms with Crippen LogP contribution in [0.5, 0.6) is 0 Å². The fraction of sp³-hybridized carbons (Fsp3) is 0.696. The summed E-state index contributed by atoms with van der Waals surface area (Å²) in [5.41, 5.74) is 3.74. The predicted octanol–water partition coefficient (Wildman–Crippen LogP) is 5.13. The van der Waals surface area contributed by atoms with Crippen LogP contribution in [0.1, 0.15) is 87.9 Å². The summed E-state index contributed by atoms with van der Waals surface area (Å²) in [6.45, 7) is 4.42. The van der Waals surface area contributed by atoms with Gasteiger partial charge in [-0.1, -0.05) is 44.4 Å². The number of para-hydroxylation sites is 1. The van der Waals surface area contributed by atoms with Crippen LogP contribution >= 0.6 is 0 Å². The van der Waals surface area contributed by atoms with Crippen molar-refractivity contribution in [3.8, 4) is 0 Å². The second-order valence-corrected chi connectivity index (χ2v) is 8.45. The number of nitrogens with zero attached hydrogens (tertiary/aromatic N) is 2. The van der Waals surface area contributed by atoms with Crippen LogP contribution in [0.3, 0.4) is 0 Å². The number of piperidine rings is 2. The standard InChI is InChI=1S/C23H37N3O/c1-4-5-15-22(27)24-23-18(20-13-6-8-16-25(20)2)11-10-12-19(23)21-14-7-9-17-26(21)3/h10-12,20-21H,4-9,13-17H2,1-3H3,(H,24,27). The maximum Gasteiger partial charge on any atom is 0.224 e. The number of hydrogen-bond acceptors (Lipinski definition) is 3. The maximum absolute atomic E-state index is 12.7. The fourth-order valence-corrected chi connectivity index (χ4v) is 4.76. The Morgan fingerprint density at radius 3 is 2.04 bits per heavy atom. The summed E-state index contributed by atoms with van der Waals surface area (Å²) in [6, 6.07) is 7.52. The number of unbranched alkanes of at least 4 members (excludes halogenated alkanes) is 1. The summed E-state index contributed by atoms with van der Waals surface area (Å²) in [7, 11) is 4.46. The number of likely N-dealkylation sites (tertiary alicyclic amines) is 2. The maximum atomic E-state index is 12.7. The van der Waals surface area contributed by atoms with Crippen LogP contribution in [0, 0.1) is 0 Å². The SMILES string of the molecule is CCCCC(=O)Nc1c(C2CCCCN2C)cccc1C1CCCCN1C. The monoisotopic (exact) mass is 371 g/mol. The zero-order chi connectivity index (χ0) is 19.2. The van der Waals surface area contributed by atoms with Crippen LogP contribution in [0.2, 0.25) is 0 Å². The van der Waals surface area contributed by atoms with Crippen LogP contribution in [-0.2, 0) is 4.79 Å². The first-order valence-electron chi connectivity index (χ1n) is 10.9. The second-order valence-electron chi connectivity index (χ2n) is 8.45. The quantitative estimate of drug-likeness (QED) is 0.753. The highest BCUT2D eigenvalue weighted by Gasteiger charge is 2.29. The van der Waals surface area contributed by atoms with Gasteiger partial charge in [0.2, 0.25) is 5.91 Å². The number of hydrogen-bond donors (Lipinski definition) is 1. The normalized spacial score (nSPS) is 24.7. The number of rotatable bonds is 6. The highest BCUT2D eigenvalue weighted by atomic mass is 16.1. The molecule has 1 aromatic rings. The molecule has 2 saturated heterocycles. The molecule has 2 atom stereocenters. The molecule has 0 bridgehead atoms. The first-order valence-corrected chi connectivity index (χ1v) is 10.9. The smallest absolute Gasteiger partial charge is 0.224 e. The molecule has 2 aliphatic rings. The minimum atomic E-state index is 0.169. The Hall–Kier alpha value is -1.39. The fourth-order valence-electron chi connectivity index (χ4n) is 4.76. The molecule has 2 heterocycles. The predicted molar refractivity (Wildman–Crippen MR) is 113 cm³/mol. The van der Waals surface area contributed by atoms with Gasteiger partial charge in [-0.05, 0) is 70.4 Å². The van der Waals surface area contributed by atoms with E-state index in [1.807, 2.05) is 0 Å². The Morgan fingerprint density at radius 1 is 1.00 bits per heavy atom. The van der Waals surface area contributed by atoms with E-state index in [2.05, 4.69) is 54.3 Å². The lowest BCUT2D eigenvalue weighted by Gasteiger charge is -2.37. The van der Waals surface area contributed by atoms with E-state index in [-0.39, 0.29) is 5.91 Å². The number of nitrogens with one attached hydrogen (secondary N) is 1. The van der Waals surface area contributed by atoms with E-state index in [9.17, 15) is 4.79 Å². The molecule has 4 heteroatoms. The van der Waals surface area contributed by atoms with E-state index in [1.165, 1.54) is 49.7 Å². The molecule has 0 saturated carbocycles. The summed E-state index contributed by atoms with van der Waals surface area (Å²) in [5, 5.41) is 3.36. The molecular formula is C23H37N3O. The summed E-state index contributed by atoms with van der Waals surface area (Å²) >= 11 is 0. The van der Waals surface area contributed by atoms with Gasteiger partial charge in [0, 0.05) is 18.5 Å². The van der Waals surface area contributed by atoms with Gasteiger partial charge in [0.05, 0.1) is 5.69 Å². The minimum Gasteiger partial charge on any atom is -0.325 e. The Morgan fingerprint density at radius 2 is 1.56 bits per heavy atom. The number of amides is 1. The molecule has 0 spiro atoms. The third-order valence-electron chi connectivity index (χ3n) is 6.41. The van der Waals surface area contributed by atoms with Gasteiger partial charge in [0.15, 0.2) is 0 Å². The molecule has 1 amide bonds. The number of carbonyl (C=O) groups is 1. The van der Waals surface area contributed by atoms with Crippen molar-refractivity contribution in [3.63, 3.8) is 0 Å². The molecule has 2 fully saturated rings. The first kappa shape index (κ1) is 20.3. The lowest BCUT2D eigenvalue weighted by atomic mass is 9.88. The molecule has 2 aliphatic heterocycles. The molecule has 150 valence electrons. The molecule has 4 nitrogen and oxygen atoms in total. The lowest BCUT2D eigenvalue weighted by molar-refractivity contribution is -0.116. The Balaban J connectivity index is 1.96. The Labute approximate surface area is 165 Å². The van der Waals surface area contributed by atoms with Crippen LogP contribution in [-0.4, -0.2) is 42.9 Å². The number of benzene rings is 1. The van der Waals surface area contributed by atoms with E-state index in [0.717, 1.165) is 31.6 Å². The van der Waals surface area contributed by atoms with Crippen molar-refractivity contribution in [1.82, 2.24) is 9.80 Å². The lowest BCUT2D eigenvalue weighted by Crippen LogP contribution is -2.33. The zero-order valence-electron chi connectivity index (χ0n) is 17.5. The highest BCUT2D eigenvalue weighted by molar-refractivity contribution is 5.92. The Kier molecular flexibility index (Phi) is 7.31. The van der Waals surface area contributed by atoms with Crippen LogP contribution in [0.25, 0.3) is 0 Å². The van der Waals surface area contributed by atoms with Crippen LogP contribution < -0.4 is 5.32 Å². The number of anilines is 1. The van der Waals surface area contributed by atoms with Crippen LogP contribution in [0.15, 0.2) is 18.2 Å². The van der Waals surface area contributed by atoms with Crippen molar-refractivity contribution < 1.29 is 4.79 Å².